The number of carbonyl (C=O) groups excluding carboxylic acids is 1. The summed E-state index contributed by atoms with van der Waals surface area (Å²) < 4.78 is 5.70. The van der Waals surface area contributed by atoms with Crippen molar-refractivity contribution in [1.82, 2.24) is 15.3 Å². The first kappa shape index (κ1) is 19.3. The number of benzene rings is 1. The Morgan fingerprint density at radius 3 is 2.89 bits per heavy atom. The summed E-state index contributed by atoms with van der Waals surface area (Å²) in [5.74, 6) is 1.12. The van der Waals surface area contributed by atoms with Gasteiger partial charge in [0.15, 0.2) is 0 Å². The summed E-state index contributed by atoms with van der Waals surface area (Å²) in [6, 6.07) is 7.07. The van der Waals surface area contributed by atoms with Gasteiger partial charge < -0.3 is 15.4 Å². The second-order valence-corrected chi connectivity index (χ2v) is 7.87. The van der Waals surface area contributed by atoms with E-state index in [4.69, 9.17) is 4.74 Å². The molecule has 0 unspecified atom stereocenters. The molecule has 2 N–H and O–H groups in total. The maximum absolute atomic E-state index is 12.1. The number of urea groups is 1. The third-order valence-corrected chi connectivity index (χ3v) is 5.52. The number of hydrogen-bond donors (Lipinski definition) is 2. The normalized spacial score (nSPS) is 10.8. The minimum Gasteiger partial charge on any atom is -0.487 e. The average Bonchev–Trinajstić information content (AvgIpc) is 3.32. The summed E-state index contributed by atoms with van der Waals surface area (Å²) in [5, 5.41) is 10.8. The van der Waals surface area contributed by atoms with Crippen LogP contribution < -0.4 is 15.4 Å². The van der Waals surface area contributed by atoms with E-state index in [1.165, 1.54) is 11.3 Å². The van der Waals surface area contributed by atoms with E-state index >= 15 is 0 Å². The predicted molar refractivity (Wildman–Crippen MR) is 110 cm³/mol. The molecule has 0 fully saturated rings. The van der Waals surface area contributed by atoms with Crippen molar-refractivity contribution in [1.29, 1.82) is 0 Å². The van der Waals surface area contributed by atoms with Crippen LogP contribution in [0.4, 0.5) is 10.5 Å². The number of nitrogens with one attached hydrogen (secondary N) is 2. The van der Waals surface area contributed by atoms with Gasteiger partial charge in [-0.15, -0.1) is 22.7 Å². The lowest BCUT2D eigenvalue weighted by Gasteiger charge is -2.09. The molecule has 27 heavy (non-hydrogen) atoms. The van der Waals surface area contributed by atoms with Crippen LogP contribution in [0.15, 0.2) is 40.5 Å². The molecule has 0 aliphatic rings. The fraction of sp³-hybridized carbons (Fsp3) is 0.316. The molecule has 142 valence electrons. The highest BCUT2D eigenvalue weighted by Gasteiger charge is 2.07. The highest BCUT2D eigenvalue weighted by atomic mass is 32.1. The lowest BCUT2D eigenvalue weighted by Crippen LogP contribution is -2.30. The van der Waals surface area contributed by atoms with E-state index in [9.17, 15) is 4.79 Å². The lowest BCUT2D eigenvalue weighted by molar-refractivity contribution is 0.252. The van der Waals surface area contributed by atoms with Crippen LogP contribution in [-0.4, -0.2) is 22.5 Å². The molecule has 0 spiro atoms. The monoisotopic (exact) mass is 402 g/mol. The molecule has 0 bridgehead atoms. The molecule has 0 atom stereocenters. The van der Waals surface area contributed by atoms with Gasteiger partial charge in [0, 0.05) is 41.4 Å². The van der Waals surface area contributed by atoms with Gasteiger partial charge in [-0.2, -0.15) is 0 Å². The van der Waals surface area contributed by atoms with Gasteiger partial charge in [0.05, 0.1) is 21.9 Å². The number of ether oxygens (including phenoxy) is 1. The molecule has 2 amide bonds. The van der Waals surface area contributed by atoms with Crippen LogP contribution in [0.5, 0.6) is 5.75 Å². The summed E-state index contributed by atoms with van der Waals surface area (Å²) in [4.78, 5) is 20.8. The van der Waals surface area contributed by atoms with Crippen LogP contribution in [0.3, 0.4) is 0 Å². The van der Waals surface area contributed by atoms with Crippen LogP contribution in [0, 0.1) is 0 Å². The molecule has 0 aliphatic heterocycles. The standard InChI is InChI=1S/C19H22N4O2S2/c1-13(2)18-22-15(11-27-18)6-7-20-19(24)23-14-4-3-5-17(8-14)25-9-16-10-26-12-21-16/h3-5,8,10-13H,6-7,9H2,1-2H3,(H2,20,23,24). The zero-order valence-electron chi connectivity index (χ0n) is 15.3. The van der Waals surface area contributed by atoms with Gasteiger partial charge in [-0.1, -0.05) is 19.9 Å². The number of carbonyl (C=O) groups is 1. The molecular formula is C19H22N4O2S2. The Bertz CT molecular complexity index is 862. The van der Waals surface area contributed by atoms with E-state index in [1.54, 1.807) is 22.9 Å². The Balaban J connectivity index is 1.43. The minimum absolute atomic E-state index is 0.244. The first-order valence-electron chi connectivity index (χ1n) is 8.69. The number of hydrogen-bond acceptors (Lipinski definition) is 6. The van der Waals surface area contributed by atoms with Gasteiger partial charge in [-0.25, -0.2) is 14.8 Å². The topological polar surface area (TPSA) is 76.1 Å². The Morgan fingerprint density at radius 2 is 2.15 bits per heavy atom. The number of nitrogens with zero attached hydrogens (tertiary/aromatic N) is 2. The summed E-state index contributed by atoms with van der Waals surface area (Å²) in [5.41, 5.74) is 4.36. The van der Waals surface area contributed by atoms with Gasteiger partial charge in [0.2, 0.25) is 0 Å². The molecule has 1 aromatic carbocycles. The van der Waals surface area contributed by atoms with Crippen LogP contribution >= 0.6 is 22.7 Å². The maximum atomic E-state index is 12.1. The maximum Gasteiger partial charge on any atom is 0.319 e. The molecule has 0 saturated carbocycles. The van der Waals surface area contributed by atoms with Crippen LogP contribution in [0.25, 0.3) is 0 Å². The second kappa shape index (κ2) is 9.48. The Labute approximate surface area is 166 Å². The first-order valence-corrected chi connectivity index (χ1v) is 10.5. The molecule has 0 saturated heterocycles. The average molecular weight is 403 g/mol. The molecule has 3 rings (SSSR count). The molecule has 0 radical (unpaired) electrons. The highest BCUT2D eigenvalue weighted by molar-refractivity contribution is 7.09. The second-order valence-electron chi connectivity index (χ2n) is 6.26. The quantitative estimate of drug-likeness (QED) is 0.574. The molecule has 8 heteroatoms. The third-order valence-electron chi connectivity index (χ3n) is 3.69. The summed E-state index contributed by atoms with van der Waals surface area (Å²) in [7, 11) is 0. The van der Waals surface area contributed by atoms with E-state index in [2.05, 4.69) is 39.8 Å². The predicted octanol–water partition coefficient (Wildman–Crippen LogP) is 4.67. The van der Waals surface area contributed by atoms with E-state index in [-0.39, 0.29) is 6.03 Å². The SMILES string of the molecule is CC(C)c1nc(CCNC(=O)Nc2cccc(OCc3cscn3)c2)cs1. The van der Waals surface area contributed by atoms with Gasteiger partial charge in [-0.3, -0.25) is 0 Å². The molecule has 6 nitrogen and oxygen atoms in total. The van der Waals surface area contributed by atoms with E-state index in [1.807, 2.05) is 23.6 Å². The summed E-state index contributed by atoms with van der Waals surface area (Å²) in [6.45, 7) is 5.20. The summed E-state index contributed by atoms with van der Waals surface area (Å²) in [6.07, 6.45) is 0.716. The fourth-order valence-corrected chi connectivity index (χ4v) is 3.72. The molecule has 3 aromatic rings. The van der Waals surface area contributed by atoms with E-state index in [0.29, 0.717) is 36.9 Å². The van der Waals surface area contributed by atoms with Crippen LogP contribution in [0.2, 0.25) is 0 Å². The van der Waals surface area contributed by atoms with Crippen molar-refractivity contribution in [2.75, 3.05) is 11.9 Å². The lowest BCUT2D eigenvalue weighted by atomic mass is 10.2. The van der Waals surface area contributed by atoms with Crippen molar-refractivity contribution < 1.29 is 9.53 Å². The molecule has 0 aliphatic carbocycles. The summed E-state index contributed by atoms with van der Waals surface area (Å²) >= 11 is 3.20. The molecule has 2 heterocycles. The van der Waals surface area contributed by atoms with Crippen molar-refractivity contribution in [2.45, 2.75) is 32.8 Å². The number of aromatic nitrogens is 2. The highest BCUT2D eigenvalue weighted by Crippen LogP contribution is 2.20. The van der Waals surface area contributed by atoms with Gasteiger partial charge >= 0.3 is 6.03 Å². The largest absolute Gasteiger partial charge is 0.487 e. The zero-order chi connectivity index (χ0) is 19.1. The third kappa shape index (κ3) is 6.04. The van der Waals surface area contributed by atoms with Gasteiger partial charge in [0.1, 0.15) is 12.4 Å². The Hall–Kier alpha value is -2.45. The van der Waals surface area contributed by atoms with Gasteiger partial charge in [0.25, 0.3) is 0 Å². The molecular weight excluding hydrogens is 380 g/mol. The van der Waals surface area contributed by atoms with E-state index < -0.39 is 0 Å². The van der Waals surface area contributed by atoms with Crippen LogP contribution in [-0.2, 0) is 13.0 Å². The number of thiazole rings is 2. The Kier molecular flexibility index (Phi) is 6.78. The van der Waals surface area contributed by atoms with Crippen molar-refractivity contribution in [3.63, 3.8) is 0 Å². The fourth-order valence-electron chi connectivity index (χ4n) is 2.31. The van der Waals surface area contributed by atoms with Crippen molar-refractivity contribution in [3.05, 3.63) is 56.9 Å². The van der Waals surface area contributed by atoms with Crippen molar-refractivity contribution in [3.8, 4) is 5.75 Å². The number of rotatable bonds is 8. The van der Waals surface area contributed by atoms with E-state index in [0.717, 1.165) is 16.4 Å². The minimum atomic E-state index is -0.244. The zero-order valence-corrected chi connectivity index (χ0v) is 16.9. The first-order chi connectivity index (χ1) is 13.1. The Morgan fingerprint density at radius 1 is 1.26 bits per heavy atom. The van der Waals surface area contributed by atoms with Crippen molar-refractivity contribution >= 4 is 34.4 Å². The number of amides is 2. The van der Waals surface area contributed by atoms with Gasteiger partial charge in [-0.05, 0) is 12.1 Å². The van der Waals surface area contributed by atoms with Crippen LogP contribution in [0.1, 0.15) is 36.2 Å². The smallest absolute Gasteiger partial charge is 0.319 e. The number of anilines is 1. The molecule has 2 aromatic heterocycles. The van der Waals surface area contributed by atoms with Crippen molar-refractivity contribution in [2.24, 2.45) is 0 Å².